The summed E-state index contributed by atoms with van der Waals surface area (Å²) in [5.74, 6) is 2.62. The normalized spacial score (nSPS) is 18.7. The van der Waals surface area contributed by atoms with Gasteiger partial charge in [-0.1, -0.05) is 41.1 Å². The Labute approximate surface area is 135 Å². The fraction of sp³-hybridized carbons (Fsp3) is 0.625. The van der Waals surface area contributed by atoms with Gasteiger partial charge in [0.2, 0.25) is 0 Å². The van der Waals surface area contributed by atoms with Crippen LogP contribution in [-0.2, 0) is 0 Å². The molecule has 1 aromatic rings. The van der Waals surface area contributed by atoms with Crippen molar-refractivity contribution in [3.8, 4) is 0 Å². The highest BCUT2D eigenvalue weighted by Crippen LogP contribution is 2.26. The van der Waals surface area contributed by atoms with E-state index in [0.717, 1.165) is 6.54 Å². The molecule has 1 aliphatic heterocycles. The second-order valence-corrected chi connectivity index (χ2v) is 7.31. The molecule has 20 heavy (non-hydrogen) atoms. The molecule has 1 heterocycles. The highest BCUT2D eigenvalue weighted by molar-refractivity contribution is 9.10. The molecule has 1 saturated heterocycles. The van der Waals surface area contributed by atoms with Gasteiger partial charge in [0.1, 0.15) is 0 Å². The summed E-state index contributed by atoms with van der Waals surface area (Å²) in [6.07, 6.45) is 2.52. The molecule has 1 atom stereocenters. The van der Waals surface area contributed by atoms with Crippen LogP contribution in [0.2, 0.25) is 0 Å². The number of nitrogens with zero attached hydrogens (tertiary/aromatic N) is 1. The Hall–Kier alpha value is -0.0300. The monoisotopic (exact) mass is 356 g/mol. The van der Waals surface area contributed by atoms with Crippen molar-refractivity contribution in [2.75, 3.05) is 37.7 Å². The fourth-order valence-corrected chi connectivity index (χ4v) is 4.19. The average Bonchev–Trinajstić information content (AvgIpc) is 2.73. The van der Waals surface area contributed by atoms with Gasteiger partial charge in [-0.25, -0.2) is 0 Å². The Kier molecular flexibility index (Phi) is 7.42. The maximum atomic E-state index is 3.69. The number of thioether (sulfide) groups is 1. The van der Waals surface area contributed by atoms with Crippen molar-refractivity contribution in [2.24, 2.45) is 0 Å². The first kappa shape index (κ1) is 16.3. The number of nitrogens with one attached hydrogen (secondary N) is 1. The molecule has 2 nitrogen and oxygen atoms in total. The van der Waals surface area contributed by atoms with Crippen molar-refractivity contribution in [1.29, 1.82) is 0 Å². The number of rotatable bonds is 6. The van der Waals surface area contributed by atoms with Crippen LogP contribution in [0.15, 0.2) is 28.7 Å². The Balaban J connectivity index is 1.93. The SMILES string of the molecule is CCNC(CCN1CCCSCC1)c1ccccc1Br. The predicted molar refractivity (Wildman–Crippen MR) is 93.6 cm³/mol. The van der Waals surface area contributed by atoms with Gasteiger partial charge in [0.05, 0.1) is 0 Å². The Bertz CT molecular complexity index is 392. The molecule has 0 aliphatic carbocycles. The predicted octanol–water partition coefficient (Wildman–Crippen LogP) is 3.93. The van der Waals surface area contributed by atoms with Gasteiger partial charge < -0.3 is 10.2 Å². The van der Waals surface area contributed by atoms with Gasteiger partial charge in [-0.2, -0.15) is 11.8 Å². The van der Waals surface area contributed by atoms with E-state index in [1.54, 1.807) is 0 Å². The van der Waals surface area contributed by atoms with Crippen LogP contribution < -0.4 is 5.32 Å². The van der Waals surface area contributed by atoms with Crippen LogP contribution in [0.5, 0.6) is 0 Å². The third-order valence-corrected chi connectivity index (χ3v) is 5.55. The van der Waals surface area contributed by atoms with Crippen molar-refractivity contribution < 1.29 is 0 Å². The van der Waals surface area contributed by atoms with Crippen LogP contribution >= 0.6 is 27.7 Å². The van der Waals surface area contributed by atoms with Crippen LogP contribution in [0.3, 0.4) is 0 Å². The standard InChI is InChI=1S/C16H25BrN2S/c1-2-18-16(14-6-3-4-7-15(14)17)8-10-19-9-5-12-20-13-11-19/h3-4,6-7,16,18H,2,5,8-13H2,1H3. The van der Waals surface area contributed by atoms with Crippen molar-refractivity contribution in [3.63, 3.8) is 0 Å². The summed E-state index contributed by atoms with van der Waals surface area (Å²) in [6.45, 7) is 6.91. The lowest BCUT2D eigenvalue weighted by molar-refractivity contribution is 0.275. The minimum atomic E-state index is 0.450. The van der Waals surface area contributed by atoms with Crippen LogP contribution in [0.25, 0.3) is 0 Å². The second kappa shape index (κ2) is 9.08. The molecule has 1 unspecified atom stereocenters. The zero-order chi connectivity index (χ0) is 14.2. The molecular formula is C16H25BrN2S. The molecule has 0 amide bonds. The van der Waals surface area contributed by atoms with Crippen molar-refractivity contribution in [2.45, 2.75) is 25.8 Å². The van der Waals surface area contributed by atoms with Gasteiger partial charge in [0.15, 0.2) is 0 Å². The summed E-state index contributed by atoms with van der Waals surface area (Å²) in [5, 5.41) is 3.63. The van der Waals surface area contributed by atoms with Gasteiger partial charge >= 0.3 is 0 Å². The average molecular weight is 357 g/mol. The topological polar surface area (TPSA) is 15.3 Å². The summed E-state index contributed by atoms with van der Waals surface area (Å²) in [7, 11) is 0. The van der Waals surface area contributed by atoms with Crippen molar-refractivity contribution in [1.82, 2.24) is 10.2 Å². The molecule has 1 aromatic carbocycles. The van der Waals surface area contributed by atoms with Gasteiger partial charge in [-0.15, -0.1) is 0 Å². The molecule has 112 valence electrons. The smallest absolute Gasteiger partial charge is 0.0343 e. The largest absolute Gasteiger partial charge is 0.310 e. The summed E-state index contributed by atoms with van der Waals surface area (Å²) in [6, 6.07) is 9.04. The van der Waals surface area contributed by atoms with Crippen molar-refractivity contribution >= 4 is 27.7 Å². The Morgan fingerprint density at radius 3 is 2.95 bits per heavy atom. The van der Waals surface area contributed by atoms with E-state index < -0.39 is 0 Å². The van der Waals surface area contributed by atoms with Gasteiger partial charge in [-0.05, 0) is 49.9 Å². The lowest BCUT2D eigenvalue weighted by Crippen LogP contribution is -2.31. The summed E-state index contributed by atoms with van der Waals surface area (Å²) in [4.78, 5) is 2.63. The van der Waals surface area contributed by atoms with E-state index in [2.05, 4.69) is 69.1 Å². The molecule has 0 aromatic heterocycles. The van der Waals surface area contributed by atoms with Crippen LogP contribution in [0, 0.1) is 0 Å². The van der Waals surface area contributed by atoms with E-state index in [-0.39, 0.29) is 0 Å². The maximum absolute atomic E-state index is 3.69. The number of halogens is 1. The van der Waals surface area contributed by atoms with Gasteiger partial charge in [0.25, 0.3) is 0 Å². The number of hydrogen-bond donors (Lipinski definition) is 1. The minimum absolute atomic E-state index is 0.450. The molecule has 2 rings (SSSR count). The molecular weight excluding hydrogens is 332 g/mol. The Morgan fingerprint density at radius 1 is 1.30 bits per heavy atom. The van der Waals surface area contributed by atoms with E-state index in [0.29, 0.717) is 6.04 Å². The molecule has 1 fully saturated rings. The van der Waals surface area contributed by atoms with Gasteiger partial charge in [-0.3, -0.25) is 0 Å². The van der Waals surface area contributed by atoms with Crippen LogP contribution in [0.4, 0.5) is 0 Å². The lowest BCUT2D eigenvalue weighted by atomic mass is 10.0. The highest BCUT2D eigenvalue weighted by atomic mass is 79.9. The van der Waals surface area contributed by atoms with Gasteiger partial charge in [0, 0.05) is 22.8 Å². The highest BCUT2D eigenvalue weighted by Gasteiger charge is 2.16. The van der Waals surface area contributed by atoms with E-state index in [1.165, 1.54) is 54.0 Å². The lowest BCUT2D eigenvalue weighted by Gasteiger charge is -2.25. The molecule has 4 heteroatoms. The summed E-state index contributed by atoms with van der Waals surface area (Å²) in [5.41, 5.74) is 1.39. The number of benzene rings is 1. The molecule has 0 bridgehead atoms. The summed E-state index contributed by atoms with van der Waals surface area (Å²) < 4.78 is 1.22. The number of hydrogen-bond acceptors (Lipinski definition) is 3. The van der Waals surface area contributed by atoms with E-state index in [4.69, 9.17) is 0 Å². The molecule has 0 radical (unpaired) electrons. The maximum Gasteiger partial charge on any atom is 0.0343 e. The van der Waals surface area contributed by atoms with E-state index >= 15 is 0 Å². The third kappa shape index (κ3) is 5.06. The zero-order valence-electron chi connectivity index (χ0n) is 12.3. The quantitative estimate of drug-likeness (QED) is 0.831. The molecule has 0 spiro atoms. The molecule has 0 saturated carbocycles. The minimum Gasteiger partial charge on any atom is -0.310 e. The first-order valence-electron chi connectivity index (χ1n) is 7.59. The van der Waals surface area contributed by atoms with E-state index in [9.17, 15) is 0 Å². The first-order chi connectivity index (χ1) is 9.81. The Morgan fingerprint density at radius 2 is 2.15 bits per heavy atom. The molecule has 1 aliphatic rings. The second-order valence-electron chi connectivity index (χ2n) is 5.23. The molecule has 1 N–H and O–H groups in total. The fourth-order valence-electron chi connectivity index (χ4n) is 2.70. The first-order valence-corrected chi connectivity index (χ1v) is 9.54. The zero-order valence-corrected chi connectivity index (χ0v) is 14.7. The van der Waals surface area contributed by atoms with Crippen LogP contribution in [-0.4, -0.2) is 42.6 Å². The summed E-state index contributed by atoms with van der Waals surface area (Å²) >= 11 is 5.79. The van der Waals surface area contributed by atoms with E-state index in [1.807, 2.05) is 0 Å². The third-order valence-electron chi connectivity index (χ3n) is 3.78. The van der Waals surface area contributed by atoms with Crippen molar-refractivity contribution in [3.05, 3.63) is 34.3 Å². The van der Waals surface area contributed by atoms with Crippen LogP contribution in [0.1, 0.15) is 31.4 Å².